The number of amides is 1. The average molecular weight is 380 g/mol. The van der Waals surface area contributed by atoms with E-state index in [4.69, 9.17) is 27.6 Å². The van der Waals surface area contributed by atoms with Crippen molar-refractivity contribution < 1.29 is 9.21 Å². The summed E-state index contributed by atoms with van der Waals surface area (Å²) in [4.78, 5) is 39.1. The van der Waals surface area contributed by atoms with Crippen LogP contribution < -0.4 is 16.6 Å². The predicted octanol–water partition coefficient (Wildman–Crippen LogP) is 2.74. The third-order valence-electron chi connectivity index (χ3n) is 3.32. The van der Waals surface area contributed by atoms with Crippen LogP contribution >= 0.6 is 23.2 Å². The molecule has 2 N–H and O–H groups in total. The molecule has 0 fully saturated rings. The molecule has 2 aromatic heterocycles. The van der Waals surface area contributed by atoms with Crippen LogP contribution in [0.2, 0.25) is 10.0 Å². The van der Waals surface area contributed by atoms with Crippen LogP contribution in [0.1, 0.15) is 16.1 Å². The molecule has 0 aliphatic carbocycles. The number of halogens is 2. The van der Waals surface area contributed by atoms with Gasteiger partial charge in [0.15, 0.2) is 0 Å². The van der Waals surface area contributed by atoms with E-state index in [9.17, 15) is 14.4 Å². The number of carbonyl (C=O) groups is 1. The van der Waals surface area contributed by atoms with E-state index in [1.165, 1.54) is 24.5 Å². The number of aromatic nitrogens is 2. The number of nitrogens with zero attached hydrogens (tertiary/aromatic N) is 1. The van der Waals surface area contributed by atoms with E-state index in [1.54, 1.807) is 12.1 Å². The summed E-state index contributed by atoms with van der Waals surface area (Å²) in [5.74, 6) is -0.292. The second kappa shape index (κ2) is 7.00. The second-order valence-electron chi connectivity index (χ2n) is 5.09. The molecule has 0 aliphatic heterocycles. The third-order valence-corrected chi connectivity index (χ3v) is 3.76. The van der Waals surface area contributed by atoms with Crippen LogP contribution in [0.15, 0.2) is 56.8 Å². The number of nitrogens with one attached hydrogen (secondary N) is 2. The van der Waals surface area contributed by atoms with Crippen molar-refractivity contribution in [2.24, 2.45) is 0 Å². The van der Waals surface area contributed by atoms with Gasteiger partial charge in [0.25, 0.3) is 11.5 Å². The third kappa shape index (κ3) is 3.84. The number of H-pyrrole nitrogens is 1. The number of aromatic amines is 1. The Morgan fingerprint density at radius 3 is 2.56 bits per heavy atom. The highest BCUT2D eigenvalue weighted by Crippen LogP contribution is 2.22. The normalized spacial score (nSPS) is 10.6. The zero-order valence-electron chi connectivity index (χ0n) is 12.6. The van der Waals surface area contributed by atoms with Gasteiger partial charge in [0.2, 0.25) is 0 Å². The monoisotopic (exact) mass is 379 g/mol. The number of furan rings is 1. The maximum absolute atomic E-state index is 12.5. The van der Waals surface area contributed by atoms with Gasteiger partial charge in [0.05, 0.1) is 12.8 Å². The molecule has 0 aliphatic rings. The van der Waals surface area contributed by atoms with E-state index in [-0.39, 0.29) is 12.1 Å². The van der Waals surface area contributed by atoms with Crippen molar-refractivity contribution >= 4 is 34.8 Å². The zero-order valence-corrected chi connectivity index (χ0v) is 14.1. The Morgan fingerprint density at radius 2 is 1.92 bits per heavy atom. The molecule has 25 heavy (non-hydrogen) atoms. The van der Waals surface area contributed by atoms with Crippen LogP contribution in [0.25, 0.3) is 0 Å². The van der Waals surface area contributed by atoms with Crippen LogP contribution in [0.5, 0.6) is 0 Å². The van der Waals surface area contributed by atoms with E-state index in [1.807, 2.05) is 0 Å². The molecule has 9 heteroatoms. The van der Waals surface area contributed by atoms with E-state index in [0.717, 1.165) is 10.8 Å². The zero-order chi connectivity index (χ0) is 18.0. The van der Waals surface area contributed by atoms with Crippen molar-refractivity contribution in [2.75, 3.05) is 5.32 Å². The highest BCUT2D eigenvalue weighted by Gasteiger charge is 2.16. The number of hydrogen-bond donors (Lipinski definition) is 2. The van der Waals surface area contributed by atoms with Gasteiger partial charge in [-0.3, -0.25) is 14.2 Å². The van der Waals surface area contributed by atoms with Gasteiger partial charge >= 0.3 is 5.69 Å². The van der Waals surface area contributed by atoms with Crippen LogP contribution in [-0.2, 0) is 6.54 Å². The first-order valence-corrected chi connectivity index (χ1v) is 7.82. The van der Waals surface area contributed by atoms with Crippen molar-refractivity contribution in [1.29, 1.82) is 0 Å². The highest BCUT2D eigenvalue weighted by molar-refractivity contribution is 6.35. The Labute approximate surface area is 150 Å². The molecule has 1 amide bonds. The van der Waals surface area contributed by atoms with Gasteiger partial charge in [-0.2, -0.15) is 0 Å². The lowest BCUT2D eigenvalue weighted by Crippen LogP contribution is -2.39. The maximum atomic E-state index is 12.5. The summed E-state index contributed by atoms with van der Waals surface area (Å²) >= 11 is 11.8. The molecule has 0 bridgehead atoms. The molecule has 0 atom stereocenters. The topological polar surface area (TPSA) is 97.1 Å². The molecule has 3 rings (SSSR count). The van der Waals surface area contributed by atoms with Crippen molar-refractivity contribution in [3.05, 3.63) is 85.0 Å². The first kappa shape index (κ1) is 17.1. The lowest BCUT2D eigenvalue weighted by Gasteiger charge is -2.08. The maximum Gasteiger partial charge on any atom is 0.328 e. The minimum Gasteiger partial charge on any atom is -0.467 e. The Bertz CT molecular complexity index is 1020. The molecular weight excluding hydrogens is 369 g/mol. The summed E-state index contributed by atoms with van der Waals surface area (Å²) in [6, 6.07) is 7.73. The van der Waals surface area contributed by atoms with Gasteiger partial charge < -0.3 is 14.7 Å². The predicted molar refractivity (Wildman–Crippen MR) is 93.5 cm³/mol. The number of benzene rings is 1. The smallest absolute Gasteiger partial charge is 0.328 e. The molecule has 0 radical (unpaired) electrons. The van der Waals surface area contributed by atoms with Crippen LogP contribution in [0.3, 0.4) is 0 Å². The lowest BCUT2D eigenvalue weighted by molar-refractivity contribution is 0.102. The quantitative estimate of drug-likeness (QED) is 0.727. The number of anilines is 1. The van der Waals surface area contributed by atoms with Gasteiger partial charge in [-0.1, -0.05) is 23.2 Å². The Hall–Kier alpha value is -2.77. The minimum absolute atomic E-state index is 0.0920. The van der Waals surface area contributed by atoms with E-state index < -0.39 is 17.2 Å². The summed E-state index contributed by atoms with van der Waals surface area (Å²) in [6.07, 6.45) is 2.48. The molecule has 0 saturated carbocycles. The number of carbonyl (C=O) groups excluding carboxylic acids is 1. The first-order valence-electron chi connectivity index (χ1n) is 7.06. The summed E-state index contributed by atoms with van der Waals surface area (Å²) in [7, 11) is 0. The molecule has 0 saturated heterocycles. The summed E-state index contributed by atoms with van der Waals surface area (Å²) in [5, 5.41) is 3.19. The van der Waals surface area contributed by atoms with Crippen LogP contribution in [0.4, 0.5) is 5.69 Å². The first-order chi connectivity index (χ1) is 11.9. The average Bonchev–Trinajstić information content (AvgIpc) is 3.03. The summed E-state index contributed by atoms with van der Waals surface area (Å²) in [6.45, 7) is -0.0920. The summed E-state index contributed by atoms with van der Waals surface area (Å²) < 4.78 is 6.00. The molecular formula is C16H11Cl2N3O4. The van der Waals surface area contributed by atoms with Crippen LogP contribution in [0, 0.1) is 0 Å². The molecule has 1 aromatic carbocycles. The molecule has 128 valence electrons. The van der Waals surface area contributed by atoms with Crippen molar-refractivity contribution in [1.82, 2.24) is 9.55 Å². The van der Waals surface area contributed by atoms with Gasteiger partial charge in [-0.05, 0) is 30.3 Å². The van der Waals surface area contributed by atoms with Gasteiger partial charge in [-0.25, -0.2) is 4.79 Å². The van der Waals surface area contributed by atoms with Gasteiger partial charge in [-0.15, -0.1) is 0 Å². The molecule has 0 unspecified atom stereocenters. The summed E-state index contributed by atoms with van der Waals surface area (Å²) in [5.41, 5.74) is -1.30. The SMILES string of the molecule is O=C(Nc1cc(Cl)cc(Cl)c1)c1c[nH]c(=O)n(Cc2ccco2)c1=O. The Balaban J connectivity index is 1.93. The fourth-order valence-electron chi connectivity index (χ4n) is 2.20. The van der Waals surface area contributed by atoms with E-state index in [0.29, 0.717) is 21.5 Å². The standard InChI is InChI=1S/C16H11Cl2N3O4/c17-9-4-10(18)6-11(5-9)20-14(22)13-7-19-16(24)21(15(13)23)8-12-2-1-3-25-12/h1-7H,8H2,(H,19,24)(H,20,22). The van der Waals surface area contributed by atoms with E-state index in [2.05, 4.69) is 10.3 Å². The molecule has 2 heterocycles. The fourth-order valence-corrected chi connectivity index (χ4v) is 2.73. The largest absolute Gasteiger partial charge is 0.467 e. The molecule has 0 spiro atoms. The highest BCUT2D eigenvalue weighted by atomic mass is 35.5. The van der Waals surface area contributed by atoms with Crippen LogP contribution in [-0.4, -0.2) is 15.5 Å². The molecule has 3 aromatic rings. The van der Waals surface area contributed by atoms with Crippen molar-refractivity contribution in [3.8, 4) is 0 Å². The number of hydrogen-bond acceptors (Lipinski definition) is 4. The Morgan fingerprint density at radius 1 is 1.20 bits per heavy atom. The number of rotatable bonds is 4. The van der Waals surface area contributed by atoms with E-state index >= 15 is 0 Å². The Kier molecular flexibility index (Phi) is 4.78. The lowest BCUT2D eigenvalue weighted by atomic mass is 10.2. The van der Waals surface area contributed by atoms with Gasteiger partial charge in [0.1, 0.15) is 11.3 Å². The molecule has 7 nitrogen and oxygen atoms in total. The second-order valence-corrected chi connectivity index (χ2v) is 5.96. The van der Waals surface area contributed by atoms with Crippen molar-refractivity contribution in [2.45, 2.75) is 6.54 Å². The van der Waals surface area contributed by atoms with Gasteiger partial charge in [0, 0.05) is 21.9 Å². The fraction of sp³-hybridized carbons (Fsp3) is 0.0625. The minimum atomic E-state index is -0.745. The van der Waals surface area contributed by atoms with Crippen molar-refractivity contribution in [3.63, 3.8) is 0 Å².